The van der Waals surface area contributed by atoms with Crippen molar-refractivity contribution in [1.82, 2.24) is 14.9 Å². The van der Waals surface area contributed by atoms with Crippen LogP contribution in [0.1, 0.15) is 38.4 Å². The number of fused-ring (bicyclic) bond motifs is 1. The fraction of sp³-hybridized carbons (Fsp3) is 0.562. The van der Waals surface area contributed by atoms with Gasteiger partial charge in [0.25, 0.3) is 0 Å². The quantitative estimate of drug-likeness (QED) is 0.745. The number of aromatic nitrogens is 2. The molecule has 0 bridgehead atoms. The lowest BCUT2D eigenvalue weighted by Gasteiger charge is -2.09. The number of hydrogen-bond acceptors (Lipinski definition) is 2. The van der Waals surface area contributed by atoms with Crippen LogP contribution in [-0.4, -0.2) is 23.1 Å². The van der Waals surface area contributed by atoms with E-state index in [1.165, 1.54) is 31.2 Å². The van der Waals surface area contributed by atoms with Gasteiger partial charge >= 0.3 is 0 Å². The van der Waals surface area contributed by atoms with E-state index in [0.29, 0.717) is 0 Å². The lowest BCUT2D eigenvalue weighted by atomic mass is 10.2. The van der Waals surface area contributed by atoms with Gasteiger partial charge in [-0.25, -0.2) is 4.98 Å². The van der Waals surface area contributed by atoms with Crippen LogP contribution in [0.25, 0.3) is 11.0 Å². The van der Waals surface area contributed by atoms with E-state index in [1.54, 1.807) is 0 Å². The monoisotopic (exact) mass is 293 g/mol. The Kier molecular flexibility index (Phi) is 5.86. The standard InChI is InChI=1S/C16H24ClN3/c1-3-4-5-6-11-20-15-8-7-13(17)12-14(15)19-16(20)9-10-18-2/h7-8,12,18H,3-6,9-11H2,1-2H3. The van der Waals surface area contributed by atoms with Crippen LogP contribution in [-0.2, 0) is 13.0 Å². The number of nitrogens with one attached hydrogen (secondary N) is 1. The van der Waals surface area contributed by atoms with Crippen molar-refractivity contribution in [3.05, 3.63) is 29.0 Å². The Morgan fingerprint density at radius 3 is 2.85 bits per heavy atom. The van der Waals surface area contributed by atoms with Crippen LogP contribution in [0.15, 0.2) is 18.2 Å². The third kappa shape index (κ3) is 3.74. The Bertz CT molecular complexity index is 548. The number of aryl methyl sites for hydroxylation is 1. The second-order valence-electron chi connectivity index (χ2n) is 5.23. The molecule has 2 rings (SSSR count). The second-order valence-corrected chi connectivity index (χ2v) is 5.66. The van der Waals surface area contributed by atoms with E-state index in [1.807, 2.05) is 19.2 Å². The highest BCUT2D eigenvalue weighted by molar-refractivity contribution is 6.31. The van der Waals surface area contributed by atoms with E-state index in [9.17, 15) is 0 Å². The highest BCUT2D eigenvalue weighted by Crippen LogP contribution is 2.21. The summed E-state index contributed by atoms with van der Waals surface area (Å²) in [7, 11) is 1.98. The van der Waals surface area contributed by atoms with E-state index in [-0.39, 0.29) is 0 Å². The average Bonchev–Trinajstić information content (AvgIpc) is 2.78. The number of hydrogen-bond donors (Lipinski definition) is 1. The number of rotatable bonds is 8. The first-order chi connectivity index (χ1) is 9.76. The van der Waals surface area contributed by atoms with Gasteiger partial charge in [-0.1, -0.05) is 37.8 Å². The number of benzene rings is 1. The topological polar surface area (TPSA) is 29.9 Å². The number of nitrogens with zero attached hydrogens (tertiary/aromatic N) is 2. The third-order valence-corrected chi connectivity index (χ3v) is 3.86. The van der Waals surface area contributed by atoms with E-state index in [0.717, 1.165) is 35.9 Å². The highest BCUT2D eigenvalue weighted by Gasteiger charge is 2.10. The van der Waals surface area contributed by atoms with Crippen molar-refractivity contribution in [3.8, 4) is 0 Å². The van der Waals surface area contributed by atoms with Crippen molar-refractivity contribution in [2.45, 2.75) is 45.6 Å². The van der Waals surface area contributed by atoms with Crippen LogP contribution in [0.3, 0.4) is 0 Å². The molecule has 0 unspecified atom stereocenters. The Labute approximate surface area is 126 Å². The van der Waals surface area contributed by atoms with Crippen molar-refractivity contribution < 1.29 is 0 Å². The molecule has 3 nitrogen and oxygen atoms in total. The maximum absolute atomic E-state index is 6.07. The van der Waals surface area contributed by atoms with Crippen molar-refractivity contribution in [1.29, 1.82) is 0 Å². The van der Waals surface area contributed by atoms with Crippen LogP contribution >= 0.6 is 11.6 Å². The summed E-state index contributed by atoms with van der Waals surface area (Å²) in [6.07, 6.45) is 6.04. The number of halogens is 1. The zero-order valence-electron chi connectivity index (χ0n) is 12.5. The average molecular weight is 294 g/mol. The Morgan fingerprint density at radius 2 is 2.10 bits per heavy atom. The third-order valence-electron chi connectivity index (χ3n) is 3.62. The van der Waals surface area contributed by atoms with E-state index >= 15 is 0 Å². The lowest BCUT2D eigenvalue weighted by molar-refractivity contribution is 0.570. The molecule has 0 amide bonds. The molecule has 0 aliphatic heterocycles. The number of unbranched alkanes of at least 4 members (excludes halogenated alkanes) is 3. The first-order valence-electron chi connectivity index (χ1n) is 7.55. The van der Waals surface area contributed by atoms with Gasteiger partial charge in [0.05, 0.1) is 11.0 Å². The fourth-order valence-corrected chi connectivity index (χ4v) is 2.69. The van der Waals surface area contributed by atoms with Gasteiger partial charge in [-0.3, -0.25) is 0 Å². The molecule has 1 heterocycles. The van der Waals surface area contributed by atoms with Gasteiger partial charge in [0.1, 0.15) is 5.82 Å². The summed E-state index contributed by atoms with van der Waals surface area (Å²) < 4.78 is 2.36. The summed E-state index contributed by atoms with van der Waals surface area (Å²) in [5.41, 5.74) is 2.22. The molecule has 0 spiro atoms. The van der Waals surface area contributed by atoms with Gasteiger partial charge in [-0.2, -0.15) is 0 Å². The Hall–Kier alpha value is -1.06. The summed E-state index contributed by atoms with van der Waals surface area (Å²) in [6, 6.07) is 6.01. The summed E-state index contributed by atoms with van der Waals surface area (Å²) in [6.45, 7) is 4.25. The van der Waals surface area contributed by atoms with Gasteiger partial charge in [0.15, 0.2) is 0 Å². The molecule has 0 atom stereocenters. The van der Waals surface area contributed by atoms with E-state index in [4.69, 9.17) is 16.6 Å². The molecule has 0 saturated heterocycles. The second kappa shape index (κ2) is 7.65. The van der Waals surface area contributed by atoms with Gasteiger partial charge in [0.2, 0.25) is 0 Å². The van der Waals surface area contributed by atoms with E-state index < -0.39 is 0 Å². The summed E-state index contributed by atoms with van der Waals surface area (Å²) >= 11 is 6.07. The highest BCUT2D eigenvalue weighted by atomic mass is 35.5. The van der Waals surface area contributed by atoms with Crippen molar-refractivity contribution >= 4 is 22.6 Å². The number of likely N-dealkylation sites (N-methyl/N-ethyl adjacent to an activating group) is 1. The van der Waals surface area contributed by atoms with Crippen molar-refractivity contribution in [2.75, 3.05) is 13.6 Å². The molecule has 4 heteroatoms. The van der Waals surface area contributed by atoms with Gasteiger partial charge in [-0.15, -0.1) is 0 Å². The SMILES string of the molecule is CCCCCCn1c(CCNC)nc2cc(Cl)ccc21. The Morgan fingerprint density at radius 1 is 1.25 bits per heavy atom. The zero-order valence-corrected chi connectivity index (χ0v) is 13.2. The van der Waals surface area contributed by atoms with Crippen LogP contribution in [0, 0.1) is 0 Å². The summed E-state index contributed by atoms with van der Waals surface area (Å²) in [5, 5.41) is 3.95. The first-order valence-corrected chi connectivity index (χ1v) is 7.93. The van der Waals surface area contributed by atoms with E-state index in [2.05, 4.69) is 22.9 Å². The molecule has 0 aliphatic rings. The Balaban J connectivity index is 2.22. The minimum absolute atomic E-state index is 0.758. The van der Waals surface area contributed by atoms with Crippen LogP contribution < -0.4 is 5.32 Å². The molecule has 1 N–H and O–H groups in total. The molecule has 110 valence electrons. The smallest absolute Gasteiger partial charge is 0.111 e. The van der Waals surface area contributed by atoms with Crippen molar-refractivity contribution in [2.24, 2.45) is 0 Å². The van der Waals surface area contributed by atoms with Crippen LogP contribution in [0.5, 0.6) is 0 Å². The fourth-order valence-electron chi connectivity index (χ4n) is 2.53. The first kappa shape index (κ1) is 15.3. The van der Waals surface area contributed by atoms with Crippen LogP contribution in [0.4, 0.5) is 0 Å². The van der Waals surface area contributed by atoms with Gasteiger partial charge in [-0.05, 0) is 31.7 Å². The zero-order chi connectivity index (χ0) is 14.4. The minimum atomic E-state index is 0.758. The molecular weight excluding hydrogens is 270 g/mol. The molecular formula is C16H24ClN3. The predicted molar refractivity (Wildman–Crippen MR) is 86.5 cm³/mol. The molecule has 0 aliphatic carbocycles. The molecule has 20 heavy (non-hydrogen) atoms. The van der Waals surface area contributed by atoms with Gasteiger partial charge < -0.3 is 9.88 Å². The van der Waals surface area contributed by atoms with Gasteiger partial charge in [0, 0.05) is 24.5 Å². The normalized spacial score (nSPS) is 11.3. The molecule has 0 saturated carbocycles. The lowest BCUT2D eigenvalue weighted by Crippen LogP contribution is -2.14. The number of imidazole rings is 1. The largest absolute Gasteiger partial charge is 0.328 e. The van der Waals surface area contributed by atoms with Crippen LogP contribution in [0.2, 0.25) is 5.02 Å². The maximum atomic E-state index is 6.07. The summed E-state index contributed by atoms with van der Waals surface area (Å²) in [4.78, 5) is 4.75. The van der Waals surface area contributed by atoms with Crippen molar-refractivity contribution in [3.63, 3.8) is 0 Å². The minimum Gasteiger partial charge on any atom is -0.328 e. The molecule has 0 radical (unpaired) electrons. The predicted octanol–water partition coefficient (Wildman–Crippen LogP) is 4.03. The summed E-state index contributed by atoms with van der Waals surface area (Å²) in [5.74, 6) is 1.16. The molecule has 1 aromatic heterocycles. The molecule has 0 fully saturated rings. The maximum Gasteiger partial charge on any atom is 0.111 e. The molecule has 1 aromatic carbocycles. The molecule has 2 aromatic rings.